The zero-order valence-electron chi connectivity index (χ0n) is 10.5. The van der Waals surface area contributed by atoms with Gasteiger partial charge in [0.15, 0.2) is 0 Å². The quantitative estimate of drug-likeness (QED) is 0.408. The summed E-state index contributed by atoms with van der Waals surface area (Å²) < 4.78 is 8.03. The lowest BCUT2D eigenvalue weighted by molar-refractivity contribution is -0.141. The molecule has 0 atom stereocenters. The summed E-state index contributed by atoms with van der Waals surface area (Å²) in [6.45, 7) is 0.929. The summed E-state index contributed by atoms with van der Waals surface area (Å²) in [4.78, 5) is 15.1. The molecule has 0 amide bonds. The molecule has 2 aromatic rings. The molecule has 2 heterocycles. The van der Waals surface area contributed by atoms with Crippen LogP contribution in [0.15, 0.2) is 23.9 Å². The van der Waals surface area contributed by atoms with Gasteiger partial charge < -0.3 is 9.30 Å². The lowest BCUT2D eigenvalue weighted by Crippen LogP contribution is -2.13. The summed E-state index contributed by atoms with van der Waals surface area (Å²) in [6, 6.07) is 0. The number of methoxy groups -OCH3 is 1. The molecule has 0 unspecified atom stereocenters. The number of thioether (sulfide) groups is 1. The monoisotopic (exact) mass is 282 g/mol. The fourth-order valence-corrected chi connectivity index (χ4v) is 2.22. The molecule has 102 valence electrons. The predicted octanol–water partition coefficient (Wildman–Crippen LogP) is 0.225. The second-order valence-corrected chi connectivity index (χ2v) is 4.76. The van der Waals surface area contributed by atoms with E-state index in [4.69, 9.17) is 0 Å². The van der Waals surface area contributed by atoms with Gasteiger partial charge in [-0.3, -0.25) is 4.79 Å². The summed E-state index contributed by atoms with van der Waals surface area (Å²) in [5, 5.41) is 11.8. The third-order valence-corrected chi connectivity index (χ3v) is 3.40. The van der Waals surface area contributed by atoms with Crippen molar-refractivity contribution in [1.29, 1.82) is 0 Å². The van der Waals surface area contributed by atoms with Gasteiger partial charge in [0, 0.05) is 24.7 Å². The average molecular weight is 282 g/mol. The van der Waals surface area contributed by atoms with E-state index in [9.17, 15) is 4.79 Å². The molecule has 0 N–H and O–H groups in total. The minimum atomic E-state index is -0.368. The summed E-state index contributed by atoms with van der Waals surface area (Å²) in [7, 11) is 1.34. The van der Waals surface area contributed by atoms with Crippen LogP contribution >= 0.6 is 11.8 Å². The van der Waals surface area contributed by atoms with Crippen LogP contribution in [-0.2, 0) is 22.6 Å². The molecule has 0 fully saturated rings. The van der Waals surface area contributed by atoms with E-state index in [2.05, 4.69) is 25.2 Å². The van der Waals surface area contributed by atoms with Gasteiger partial charge in [0.2, 0.25) is 5.16 Å². The molecule has 2 rings (SSSR count). The van der Waals surface area contributed by atoms with Crippen molar-refractivity contribution in [3.8, 4) is 0 Å². The molecule has 2 aromatic heterocycles. The van der Waals surface area contributed by atoms with Crippen molar-refractivity contribution in [2.24, 2.45) is 0 Å². The molecule has 9 heteroatoms. The highest BCUT2D eigenvalue weighted by atomic mass is 32.2. The SMILES string of the molecule is COC(=O)Cn1nnnc1SCCCn1ccnc1. The Hall–Kier alpha value is -1.90. The lowest BCUT2D eigenvalue weighted by atomic mass is 10.5. The number of esters is 1. The van der Waals surface area contributed by atoms with Crippen molar-refractivity contribution >= 4 is 17.7 Å². The first-order valence-electron chi connectivity index (χ1n) is 5.71. The molecule has 19 heavy (non-hydrogen) atoms. The van der Waals surface area contributed by atoms with E-state index >= 15 is 0 Å². The second kappa shape index (κ2) is 6.88. The van der Waals surface area contributed by atoms with Crippen molar-refractivity contribution in [1.82, 2.24) is 29.8 Å². The maximum absolute atomic E-state index is 11.2. The third kappa shape index (κ3) is 4.05. The summed E-state index contributed by atoms with van der Waals surface area (Å²) >= 11 is 1.51. The number of imidazole rings is 1. The Morgan fingerprint density at radius 3 is 3.16 bits per heavy atom. The Bertz CT molecular complexity index is 512. The molecule has 0 aromatic carbocycles. The second-order valence-electron chi connectivity index (χ2n) is 3.70. The molecule has 0 saturated carbocycles. The minimum absolute atomic E-state index is 0.0351. The van der Waals surface area contributed by atoms with Crippen LogP contribution in [0.2, 0.25) is 0 Å². The number of aromatic nitrogens is 6. The van der Waals surface area contributed by atoms with Crippen LogP contribution < -0.4 is 0 Å². The molecule has 0 aliphatic rings. The fourth-order valence-electron chi connectivity index (χ4n) is 1.42. The first-order valence-corrected chi connectivity index (χ1v) is 6.69. The van der Waals surface area contributed by atoms with Crippen molar-refractivity contribution in [2.45, 2.75) is 24.7 Å². The highest BCUT2D eigenvalue weighted by Gasteiger charge is 2.10. The van der Waals surface area contributed by atoms with Gasteiger partial charge >= 0.3 is 5.97 Å². The van der Waals surface area contributed by atoms with Crippen LogP contribution in [0.5, 0.6) is 0 Å². The summed E-state index contributed by atoms with van der Waals surface area (Å²) in [5.74, 6) is 0.493. The average Bonchev–Trinajstić information content (AvgIpc) is 3.06. The normalized spacial score (nSPS) is 10.6. The Kier molecular flexibility index (Phi) is 4.90. The number of carbonyl (C=O) groups excluding carboxylic acids is 1. The zero-order valence-corrected chi connectivity index (χ0v) is 11.3. The van der Waals surface area contributed by atoms with Crippen LogP contribution in [0.4, 0.5) is 0 Å². The van der Waals surface area contributed by atoms with Gasteiger partial charge in [-0.25, -0.2) is 9.67 Å². The van der Waals surface area contributed by atoms with Gasteiger partial charge in [-0.2, -0.15) is 0 Å². The summed E-state index contributed by atoms with van der Waals surface area (Å²) in [6.07, 6.45) is 6.42. The van der Waals surface area contributed by atoms with E-state index in [1.807, 2.05) is 10.8 Å². The van der Waals surface area contributed by atoms with Crippen molar-refractivity contribution in [3.63, 3.8) is 0 Å². The number of nitrogens with zero attached hydrogens (tertiary/aromatic N) is 6. The van der Waals surface area contributed by atoms with Gasteiger partial charge in [-0.15, -0.1) is 5.10 Å². The smallest absolute Gasteiger partial charge is 0.327 e. The Morgan fingerprint density at radius 1 is 1.53 bits per heavy atom. The lowest BCUT2D eigenvalue weighted by Gasteiger charge is -2.03. The largest absolute Gasteiger partial charge is 0.468 e. The third-order valence-electron chi connectivity index (χ3n) is 2.36. The topological polar surface area (TPSA) is 87.7 Å². The zero-order chi connectivity index (χ0) is 13.5. The highest BCUT2D eigenvalue weighted by Crippen LogP contribution is 2.14. The van der Waals surface area contributed by atoms with E-state index in [1.165, 1.54) is 23.6 Å². The first-order chi connectivity index (χ1) is 9.29. The molecule has 0 aliphatic carbocycles. The van der Waals surface area contributed by atoms with Crippen LogP contribution in [-0.4, -0.2) is 48.6 Å². The van der Waals surface area contributed by atoms with Gasteiger partial charge in [-0.1, -0.05) is 11.8 Å². The number of hydrogen-bond donors (Lipinski definition) is 0. The maximum atomic E-state index is 11.2. The van der Waals surface area contributed by atoms with Crippen LogP contribution in [0.1, 0.15) is 6.42 Å². The maximum Gasteiger partial charge on any atom is 0.327 e. The Balaban J connectivity index is 1.76. The fraction of sp³-hybridized carbons (Fsp3) is 0.500. The van der Waals surface area contributed by atoms with Gasteiger partial charge in [0.1, 0.15) is 6.54 Å². The summed E-state index contributed by atoms with van der Waals surface area (Å²) in [5.41, 5.74) is 0. The van der Waals surface area contributed by atoms with Crippen molar-refractivity contribution in [3.05, 3.63) is 18.7 Å². The van der Waals surface area contributed by atoms with Gasteiger partial charge in [-0.05, 0) is 16.8 Å². The molecule has 0 spiro atoms. The standard InChI is InChI=1S/C10H14N6O2S/c1-18-9(17)7-16-10(12-13-14-16)19-6-2-4-15-5-3-11-8-15/h3,5,8H,2,4,6-7H2,1H3. The molecular formula is C10H14N6O2S. The number of aryl methyl sites for hydroxylation is 1. The van der Waals surface area contributed by atoms with Gasteiger partial charge in [0.05, 0.1) is 13.4 Å². The number of rotatable bonds is 7. The van der Waals surface area contributed by atoms with Crippen LogP contribution in [0.3, 0.4) is 0 Å². The molecule has 0 radical (unpaired) electrons. The number of ether oxygens (including phenoxy) is 1. The molecule has 8 nitrogen and oxygen atoms in total. The number of hydrogen-bond acceptors (Lipinski definition) is 7. The van der Waals surface area contributed by atoms with E-state index in [-0.39, 0.29) is 12.5 Å². The van der Waals surface area contributed by atoms with E-state index in [0.29, 0.717) is 5.16 Å². The predicted molar refractivity (Wildman–Crippen MR) is 67.4 cm³/mol. The van der Waals surface area contributed by atoms with Crippen molar-refractivity contribution < 1.29 is 9.53 Å². The Morgan fingerprint density at radius 2 is 2.42 bits per heavy atom. The van der Waals surface area contributed by atoms with Gasteiger partial charge in [0.25, 0.3) is 0 Å². The molecule has 0 aliphatic heterocycles. The molecule has 0 bridgehead atoms. The van der Waals surface area contributed by atoms with Crippen LogP contribution in [0, 0.1) is 0 Å². The van der Waals surface area contributed by atoms with Crippen LogP contribution in [0.25, 0.3) is 0 Å². The molecular weight excluding hydrogens is 268 g/mol. The number of tetrazole rings is 1. The van der Waals surface area contributed by atoms with E-state index < -0.39 is 0 Å². The minimum Gasteiger partial charge on any atom is -0.468 e. The highest BCUT2D eigenvalue weighted by molar-refractivity contribution is 7.99. The number of carbonyl (C=O) groups is 1. The van der Waals surface area contributed by atoms with E-state index in [0.717, 1.165) is 18.7 Å². The van der Waals surface area contributed by atoms with Crippen molar-refractivity contribution in [2.75, 3.05) is 12.9 Å². The van der Waals surface area contributed by atoms with E-state index in [1.54, 1.807) is 12.5 Å². The molecule has 0 saturated heterocycles. The Labute approximate surface area is 114 Å². The first kappa shape index (κ1) is 13.5.